The summed E-state index contributed by atoms with van der Waals surface area (Å²) >= 11 is 1.69. The van der Waals surface area contributed by atoms with Crippen LogP contribution in [0, 0.1) is 0 Å². The highest BCUT2D eigenvalue weighted by atomic mass is 32.2. The molecule has 2 aromatic rings. The summed E-state index contributed by atoms with van der Waals surface area (Å²) < 4.78 is 1.82. The Hall–Kier alpha value is -1.29. The lowest BCUT2D eigenvalue weighted by molar-refractivity contribution is 0.571. The van der Waals surface area contributed by atoms with Crippen LogP contribution in [-0.2, 0) is 6.54 Å². The Bertz CT molecular complexity index is 591. The van der Waals surface area contributed by atoms with Crippen molar-refractivity contribution in [3.63, 3.8) is 0 Å². The van der Waals surface area contributed by atoms with Crippen molar-refractivity contribution in [2.45, 2.75) is 24.5 Å². The SMILES string of the molecule is O=c1c2ccccc2nc2n1CCCCS2. The summed E-state index contributed by atoms with van der Waals surface area (Å²) in [5, 5.41) is 1.61. The summed E-state index contributed by atoms with van der Waals surface area (Å²) in [6.07, 6.45) is 2.23. The van der Waals surface area contributed by atoms with Gasteiger partial charge in [0, 0.05) is 12.3 Å². The molecular formula is C12H12N2OS. The molecule has 0 unspecified atom stereocenters. The number of fused-ring (bicyclic) bond motifs is 2. The summed E-state index contributed by atoms with van der Waals surface area (Å²) in [5.41, 5.74) is 0.920. The lowest BCUT2D eigenvalue weighted by Gasteiger charge is -2.08. The minimum Gasteiger partial charge on any atom is -0.287 e. The van der Waals surface area contributed by atoms with Crippen molar-refractivity contribution in [1.29, 1.82) is 0 Å². The number of hydrogen-bond donors (Lipinski definition) is 0. The van der Waals surface area contributed by atoms with E-state index in [0.717, 1.165) is 41.2 Å². The summed E-state index contributed by atoms with van der Waals surface area (Å²) in [7, 11) is 0. The van der Waals surface area contributed by atoms with Crippen molar-refractivity contribution in [2.24, 2.45) is 0 Å². The molecule has 82 valence electrons. The van der Waals surface area contributed by atoms with Gasteiger partial charge in [-0.3, -0.25) is 9.36 Å². The molecule has 3 nitrogen and oxygen atoms in total. The van der Waals surface area contributed by atoms with Crippen LogP contribution in [0.5, 0.6) is 0 Å². The smallest absolute Gasteiger partial charge is 0.262 e. The molecule has 1 aliphatic rings. The van der Waals surface area contributed by atoms with E-state index >= 15 is 0 Å². The molecule has 0 N–H and O–H groups in total. The van der Waals surface area contributed by atoms with Crippen LogP contribution in [0.3, 0.4) is 0 Å². The standard InChI is InChI=1S/C12H12N2OS/c15-11-9-5-1-2-6-10(9)13-12-14(11)7-3-4-8-16-12/h1-2,5-6H,3-4,7-8H2. The largest absolute Gasteiger partial charge is 0.287 e. The van der Waals surface area contributed by atoms with Gasteiger partial charge >= 0.3 is 0 Å². The van der Waals surface area contributed by atoms with Gasteiger partial charge in [0.05, 0.1) is 10.9 Å². The molecule has 3 rings (SSSR count). The van der Waals surface area contributed by atoms with Gasteiger partial charge in [-0.15, -0.1) is 0 Å². The first-order chi connectivity index (χ1) is 7.86. The second-order valence-electron chi connectivity index (χ2n) is 3.92. The lowest BCUT2D eigenvalue weighted by atomic mass is 10.2. The molecule has 16 heavy (non-hydrogen) atoms. The Morgan fingerprint density at radius 2 is 2.12 bits per heavy atom. The molecule has 4 heteroatoms. The second-order valence-corrected chi connectivity index (χ2v) is 4.99. The molecule has 2 heterocycles. The highest BCUT2D eigenvalue weighted by Gasteiger charge is 2.13. The summed E-state index contributed by atoms with van der Waals surface area (Å²) in [4.78, 5) is 16.8. The van der Waals surface area contributed by atoms with Crippen LogP contribution < -0.4 is 5.56 Å². The molecule has 0 bridgehead atoms. The Morgan fingerprint density at radius 1 is 1.25 bits per heavy atom. The molecule has 1 aromatic heterocycles. The van der Waals surface area contributed by atoms with Gasteiger partial charge < -0.3 is 0 Å². The third kappa shape index (κ3) is 1.53. The van der Waals surface area contributed by atoms with Crippen molar-refractivity contribution in [1.82, 2.24) is 9.55 Å². The number of rotatable bonds is 0. The van der Waals surface area contributed by atoms with Gasteiger partial charge in [-0.1, -0.05) is 23.9 Å². The van der Waals surface area contributed by atoms with E-state index in [1.807, 2.05) is 28.8 Å². The van der Waals surface area contributed by atoms with Crippen LogP contribution >= 0.6 is 11.8 Å². The van der Waals surface area contributed by atoms with Crippen molar-refractivity contribution < 1.29 is 0 Å². The fourth-order valence-electron chi connectivity index (χ4n) is 1.99. The topological polar surface area (TPSA) is 34.9 Å². The van der Waals surface area contributed by atoms with Crippen LogP contribution in [0.15, 0.2) is 34.2 Å². The van der Waals surface area contributed by atoms with Crippen LogP contribution in [0.2, 0.25) is 0 Å². The van der Waals surface area contributed by atoms with Crippen molar-refractivity contribution in [3.05, 3.63) is 34.6 Å². The molecule has 0 radical (unpaired) electrons. The van der Waals surface area contributed by atoms with E-state index in [1.54, 1.807) is 11.8 Å². The van der Waals surface area contributed by atoms with E-state index in [0.29, 0.717) is 0 Å². The number of para-hydroxylation sites is 1. The molecule has 0 saturated carbocycles. The van der Waals surface area contributed by atoms with Gasteiger partial charge in [0.1, 0.15) is 0 Å². The molecule has 0 atom stereocenters. The fourth-order valence-corrected chi connectivity index (χ4v) is 3.01. The zero-order chi connectivity index (χ0) is 11.0. The highest BCUT2D eigenvalue weighted by molar-refractivity contribution is 7.99. The van der Waals surface area contributed by atoms with Crippen molar-refractivity contribution >= 4 is 22.7 Å². The third-order valence-corrected chi connectivity index (χ3v) is 3.90. The molecule has 0 saturated heterocycles. The first-order valence-corrected chi connectivity index (χ1v) is 6.47. The molecule has 0 fully saturated rings. The maximum absolute atomic E-state index is 12.2. The van der Waals surface area contributed by atoms with E-state index < -0.39 is 0 Å². The Labute approximate surface area is 97.5 Å². The lowest BCUT2D eigenvalue weighted by Crippen LogP contribution is -2.22. The highest BCUT2D eigenvalue weighted by Crippen LogP contribution is 2.22. The molecule has 0 spiro atoms. The summed E-state index contributed by atoms with van der Waals surface area (Å²) in [5.74, 6) is 1.06. The number of nitrogens with zero attached hydrogens (tertiary/aromatic N) is 2. The van der Waals surface area contributed by atoms with Crippen molar-refractivity contribution in [3.8, 4) is 0 Å². The van der Waals surface area contributed by atoms with Gasteiger partial charge in [-0.05, 0) is 25.0 Å². The monoisotopic (exact) mass is 232 g/mol. The van der Waals surface area contributed by atoms with Gasteiger partial charge in [0.25, 0.3) is 5.56 Å². The first kappa shape index (κ1) is 9.90. The van der Waals surface area contributed by atoms with Crippen LogP contribution in [0.4, 0.5) is 0 Å². The van der Waals surface area contributed by atoms with E-state index in [-0.39, 0.29) is 5.56 Å². The maximum Gasteiger partial charge on any atom is 0.262 e. The fraction of sp³-hybridized carbons (Fsp3) is 0.333. The quantitative estimate of drug-likeness (QED) is 0.654. The first-order valence-electron chi connectivity index (χ1n) is 5.48. The predicted octanol–water partition coefficient (Wildman–Crippen LogP) is 2.28. The van der Waals surface area contributed by atoms with Crippen LogP contribution in [0.25, 0.3) is 10.9 Å². The maximum atomic E-state index is 12.2. The summed E-state index contributed by atoms with van der Waals surface area (Å²) in [6, 6.07) is 7.58. The number of benzene rings is 1. The molecular weight excluding hydrogens is 220 g/mol. The molecule has 0 aliphatic carbocycles. The predicted molar refractivity (Wildman–Crippen MR) is 66.0 cm³/mol. The number of hydrogen-bond acceptors (Lipinski definition) is 3. The Kier molecular flexibility index (Phi) is 2.44. The molecule has 0 amide bonds. The van der Waals surface area contributed by atoms with Gasteiger partial charge in [0.15, 0.2) is 5.16 Å². The van der Waals surface area contributed by atoms with E-state index in [9.17, 15) is 4.79 Å². The van der Waals surface area contributed by atoms with Gasteiger partial charge in [-0.25, -0.2) is 4.98 Å². The van der Waals surface area contributed by atoms with Gasteiger partial charge in [0.2, 0.25) is 0 Å². The number of thioether (sulfide) groups is 1. The minimum atomic E-state index is 0.106. The normalized spacial score (nSPS) is 15.8. The Morgan fingerprint density at radius 3 is 3.06 bits per heavy atom. The molecule has 1 aliphatic heterocycles. The zero-order valence-electron chi connectivity index (χ0n) is 8.85. The molecule has 1 aromatic carbocycles. The minimum absolute atomic E-state index is 0.106. The summed E-state index contributed by atoms with van der Waals surface area (Å²) in [6.45, 7) is 0.805. The average Bonchev–Trinajstić information content (AvgIpc) is 2.55. The van der Waals surface area contributed by atoms with E-state index in [4.69, 9.17) is 0 Å². The van der Waals surface area contributed by atoms with Crippen LogP contribution in [0.1, 0.15) is 12.8 Å². The van der Waals surface area contributed by atoms with Crippen molar-refractivity contribution in [2.75, 3.05) is 5.75 Å². The van der Waals surface area contributed by atoms with Crippen LogP contribution in [-0.4, -0.2) is 15.3 Å². The van der Waals surface area contributed by atoms with E-state index in [2.05, 4.69) is 4.98 Å². The zero-order valence-corrected chi connectivity index (χ0v) is 9.67. The third-order valence-electron chi connectivity index (χ3n) is 2.83. The second kappa shape index (κ2) is 3.94. The average molecular weight is 232 g/mol. The number of aromatic nitrogens is 2. The Balaban J connectivity index is 2.34. The van der Waals surface area contributed by atoms with E-state index in [1.165, 1.54) is 0 Å². The van der Waals surface area contributed by atoms with Gasteiger partial charge in [-0.2, -0.15) is 0 Å².